The third kappa shape index (κ3) is 3.98. The maximum absolute atomic E-state index is 8.87. The molecule has 1 aliphatic carbocycles. The fourth-order valence-corrected chi connectivity index (χ4v) is 2.89. The van der Waals surface area contributed by atoms with Gasteiger partial charge in [0, 0.05) is 11.8 Å². The molecule has 0 atom stereocenters. The van der Waals surface area contributed by atoms with E-state index in [1.807, 2.05) is 24.3 Å². The summed E-state index contributed by atoms with van der Waals surface area (Å²) < 4.78 is 0. The van der Waals surface area contributed by atoms with Gasteiger partial charge in [0.05, 0.1) is 25.0 Å². The van der Waals surface area contributed by atoms with Crippen molar-refractivity contribution in [2.24, 2.45) is 4.99 Å². The number of rotatable bonds is 3. The molecular weight excluding hydrogens is 336 g/mol. The summed E-state index contributed by atoms with van der Waals surface area (Å²) in [6.45, 7) is 1.73. The van der Waals surface area contributed by atoms with Crippen LogP contribution in [-0.4, -0.2) is 29.4 Å². The van der Waals surface area contributed by atoms with Gasteiger partial charge >= 0.3 is 0 Å². The highest BCUT2D eigenvalue weighted by molar-refractivity contribution is 8.13. The van der Waals surface area contributed by atoms with E-state index in [-0.39, 0.29) is 17.0 Å². The van der Waals surface area contributed by atoms with Gasteiger partial charge in [0.25, 0.3) is 0 Å². The molecule has 0 bridgehead atoms. The van der Waals surface area contributed by atoms with Crippen LogP contribution in [0.3, 0.4) is 0 Å². The molecule has 0 amide bonds. The van der Waals surface area contributed by atoms with Crippen LogP contribution in [0.15, 0.2) is 29.3 Å². The second-order valence-corrected chi connectivity index (χ2v) is 5.82. The van der Waals surface area contributed by atoms with Crippen molar-refractivity contribution in [2.45, 2.75) is 24.6 Å². The quantitative estimate of drug-likeness (QED) is 0.769. The number of aliphatic imine (C=N–C) groups is 1. The van der Waals surface area contributed by atoms with Gasteiger partial charge in [-0.15, -0.1) is 0 Å². The molecule has 0 radical (unpaired) electrons. The topological polar surface area (TPSA) is 51.4 Å². The second kappa shape index (κ2) is 7.11. The standard InChI is InChI=1S/C14H16N4S.BrH/c15-7-11-2-1-3-12(6-11)8-19-14-16-9-18(10-17-14)13-4-5-13;/h1-3,6,13H,4-5,8-10H2,(H,16,17);1H/p-1. The Bertz CT molecular complexity index is 536. The molecule has 0 aromatic heterocycles. The van der Waals surface area contributed by atoms with Crippen LogP contribution in [0.25, 0.3) is 0 Å². The first kappa shape index (κ1) is 15.4. The zero-order chi connectivity index (χ0) is 13.1. The molecule has 6 heteroatoms. The number of nitrogens with one attached hydrogen (secondary N) is 1. The first-order valence-electron chi connectivity index (χ1n) is 6.49. The van der Waals surface area contributed by atoms with Crippen LogP contribution in [-0.2, 0) is 5.75 Å². The first-order valence-corrected chi connectivity index (χ1v) is 7.48. The van der Waals surface area contributed by atoms with Gasteiger partial charge in [0.2, 0.25) is 0 Å². The van der Waals surface area contributed by atoms with Gasteiger partial charge in [-0.3, -0.25) is 4.90 Å². The summed E-state index contributed by atoms with van der Waals surface area (Å²) in [5, 5.41) is 13.2. The summed E-state index contributed by atoms with van der Waals surface area (Å²) in [6, 6.07) is 10.7. The van der Waals surface area contributed by atoms with Crippen molar-refractivity contribution in [1.82, 2.24) is 10.2 Å². The molecule has 1 aromatic rings. The molecule has 1 aliphatic heterocycles. The Kier molecular flexibility index (Phi) is 5.46. The van der Waals surface area contributed by atoms with E-state index in [0.717, 1.165) is 41.4 Å². The molecule has 3 rings (SSSR count). The smallest absolute Gasteiger partial charge is 0.159 e. The molecule has 2 aliphatic rings. The summed E-state index contributed by atoms with van der Waals surface area (Å²) in [5.41, 5.74) is 1.88. The molecule has 106 valence electrons. The molecule has 0 saturated heterocycles. The SMILES string of the molecule is N#Cc1cccc(CSC2=NCN(C3CC3)CN2)c1.[Br-]. The molecule has 1 aromatic carbocycles. The lowest BCUT2D eigenvalue weighted by molar-refractivity contribution is -0.00000419. The largest absolute Gasteiger partial charge is 1.00 e. The minimum atomic E-state index is 0. The summed E-state index contributed by atoms with van der Waals surface area (Å²) in [5.74, 6) is 0.852. The Morgan fingerprint density at radius 1 is 1.45 bits per heavy atom. The molecule has 1 N–H and O–H groups in total. The van der Waals surface area contributed by atoms with Crippen molar-refractivity contribution in [3.63, 3.8) is 0 Å². The van der Waals surface area contributed by atoms with Crippen molar-refractivity contribution < 1.29 is 17.0 Å². The van der Waals surface area contributed by atoms with E-state index in [0.29, 0.717) is 0 Å². The Morgan fingerprint density at radius 3 is 2.95 bits per heavy atom. The maximum Gasteiger partial charge on any atom is 0.159 e. The van der Waals surface area contributed by atoms with Crippen LogP contribution in [0.4, 0.5) is 0 Å². The second-order valence-electron chi connectivity index (χ2n) is 4.86. The van der Waals surface area contributed by atoms with Crippen LogP contribution in [0, 0.1) is 11.3 Å². The Labute approximate surface area is 134 Å². The summed E-state index contributed by atoms with van der Waals surface area (Å²) >= 11 is 1.71. The molecule has 0 spiro atoms. The lowest BCUT2D eigenvalue weighted by Gasteiger charge is -2.26. The maximum atomic E-state index is 8.87. The lowest BCUT2D eigenvalue weighted by atomic mass is 10.2. The fraction of sp³-hybridized carbons (Fsp3) is 0.429. The number of thioether (sulfide) groups is 1. The molecule has 1 heterocycles. The Morgan fingerprint density at radius 2 is 2.30 bits per heavy atom. The minimum absolute atomic E-state index is 0. The molecule has 0 unspecified atom stereocenters. The van der Waals surface area contributed by atoms with E-state index in [4.69, 9.17) is 5.26 Å². The van der Waals surface area contributed by atoms with Gasteiger partial charge in [-0.25, -0.2) is 4.99 Å². The number of benzene rings is 1. The van der Waals surface area contributed by atoms with Crippen molar-refractivity contribution in [3.8, 4) is 6.07 Å². The van der Waals surface area contributed by atoms with E-state index in [2.05, 4.69) is 21.3 Å². The predicted molar refractivity (Wildman–Crippen MR) is 77.6 cm³/mol. The number of halogens is 1. The van der Waals surface area contributed by atoms with Crippen LogP contribution >= 0.6 is 11.8 Å². The van der Waals surface area contributed by atoms with Gasteiger partial charge in [-0.05, 0) is 30.5 Å². The highest BCUT2D eigenvalue weighted by Crippen LogP contribution is 2.27. The van der Waals surface area contributed by atoms with E-state index in [1.165, 1.54) is 12.8 Å². The monoisotopic (exact) mass is 351 g/mol. The summed E-state index contributed by atoms with van der Waals surface area (Å²) in [4.78, 5) is 6.93. The summed E-state index contributed by atoms with van der Waals surface area (Å²) in [7, 11) is 0. The van der Waals surface area contributed by atoms with Crippen LogP contribution < -0.4 is 22.3 Å². The third-order valence-electron chi connectivity index (χ3n) is 3.32. The van der Waals surface area contributed by atoms with Crippen LogP contribution in [0.5, 0.6) is 0 Å². The van der Waals surface area contributed by atoms with Gasteiger partial charge < -0.3 is 22.3 Å². The van der Waals surface area contributed by atoms with Gasteiger partial charge in [0.1, 0.15) is 0 Å². The average molecular weight is 352 g/mol. The van der Waals surface area contributed by atoms with E-state index < -0.39 is 0 Å². The average Bonchev–Trinajstić information content (AvgIpc) is 3.31. The van der Waals surface area contributed by atoms with Crippen molar-refractivity contribution >= 4 is 16.9 Å². The van der Waals surface area contributed by atoms with Crippen molar-refractivity contribution in [2.75, 3.05) is 13.3 Å². The zero-order valence-electron chi connectivity index (χ0n) is 11.1. The van der Waals surface area contributed by atoms with E-state index in [9.17, 15) is 0 Å². The van der Waals surface area contributed by atoms with Gasteiger partial charge in [0.15, 0.2) is 5.17 Å². The molecular formula is C14H16BrN4S-. The normalized spacial score (nSPS) is 18.4. The highest BCUT2D eigenvalue weighted by Gasteiger charge is 2.30. The van der Waals surface area contributed by atoms with Crippen molar-refractivity contribution in [3.05, 3.63) is 35.4 Å². The fourth-order valence-electron chi connectivity index (χ4n) is 2.09. The predicted octanol–water partition coefficient (Wildman–Crippen LogP) is -0.866. The number of amidine groups is 1. The first-order chi connectivity index (χ1) is 9.35. The highest BCUT2D eigenvalue weighted by atomic mass is 79.9. The minimum Gasteiger partial charge on any atom is -1.00 e. The molecule has 1 saturated carbocycles. The third-order valence-corrected chi connectivity index (χ3v) is 4.35. The molecule has 20 heavy (non-hydrogen) atoms. The summed E-state index contributed by atoms with van der Waals surface area (Å²) in [6.07, 6.45) is 2.64. The Balaban J connectivity index is 0.00000147. The van der Waals surface area contributed by atoms with Gasteiger partial charge in [-0.2, -0.15) is 5.26 Å². The zero-order valence-corrected chi connectivity index (χ0v) is 13.5. The van der Waals surface area contributed by atoms with Gasteiger partial charge in [-0.1, -0.05) is 23.9 Å². The van der Waals surface area contributed by atoms with E-state index >= 15 is 0 Å². The number of nitrogens with zero attached hydrogens (tertiary/aromatic N) is 3. The molecule has 1 fully saturated rings. The van der Waals surface area contributed by atoms with E-state index in [1.54, 1.807) is 11.8 Å². The van der Waals surface area contributed by atoms with Crippen molar-refractivity contribution in [1.29, 1.82) is 5.26 Å². The molecule has 4 nitrogen and oxygen atoms in total. The van der Waals surface area contributed by atoms with Crippen LogP contribution in [0.2, 0.25) is 0 Å². The van der Waals surface area contributed by atoms with Crippen LogP contribution in [0.1, 0.15) is 24.0 Å². The Hall–Kier alpha value is -1.03. The number of hydrogen-bond acceptors (Lipinski definition) is 5. The lowest BCUT2D eigenvalue weighted by Crippen LogP contribution is -3.00. The number of nitriles is 1. The number of hydrogen-bond donors (Lipinski definition) is 1.